The van der Waals surface area contributed by atoms with Crippen LogP contribution in [0.3, 0.4) is 0 Å². The average Bonchev–Trinajstić information content (AvgIpc) is 2.64. The van der Waals surface area contributed by atoms with Gasteiger partial charge < -0.3 is 15.5 Å². The van der Waals surface area contributed by atoms with Crippen LogP contribution in [-0.2, 0) is 0 Å². The maximum Gasteiger partial charge on any atom is 0.315 e. The maximum atomic E-state index is 12.2. The van der Waals surface area contributed by atoms with Crippen molar-refractivity contribution in [2.75, 3.05) is 18.0 Å². The highest BCUT2D eigenvalue weighted by Gasteiger charge is 2.22. The predicted octanol–water partition coefficient (Wildman–Crippen LogP) is 1.90. The molecule has 24 heavy (non-hydrogen) atoms. The van der Waals surface area contributed by atoms with E-state index in [4.69, 9.17) is 0 Å². The van der Waals surface area contributed by atoms with E-state index in [2.05, 4.69) is 30.5 Å². The highest BCUT2D eigenvalue weighted by atomic mass is 16.2. The first-order valence-corrected chi connectivity index (χ1v) is 8.22. The number of nitrogens with zero attached hydrogens (tertiary/aromatic N) is 4. The Morgan fingerprint density at radius 2 is 1.83 bits per heavy atom. The lowest BCUT2D eigenvalue weighted by Gasteiger charge is -2.32. The number of hydrogen-bond donors (Lipinski definition) is 2. The summed E-state index contributed by atoms with van der Waals surface area (Å²) in [5.74, 6) is 0.754. The lowest BCUT2D eigenvalue weighted by molar-refractivity contribution is 0.231. The van der Waals surface area contributed by atoms with Gasteiger partial charge in [-0.25, -0.2) is 14.8 Å². The van der Waals surface area contributed by atoms with E-state index in [1.54, 1.807) is 18.6 Å². The third kappa shape index (κ3) is 4.18. The van der Waals surface area contributed by atoms with Crippen LogP contribution in [0, 0.1) is 0 Å². The number of piperidine rings is 1. The summed E-state index contributed by atoms with van der Waals surface area (Å²) in [7, 11) is 0. The van der Waals surface area contributed by atoms with Crippen LogP contribution >= 0.6 is 0 Å². The minimum absolute atomic E-state index is 0.121. The molecule has 3 heterocycles. The largest absolute Gasteiger partial charge is 0.341 e. The fraction of sp³-hybridized carbons (Fsp3) is 0.412. The molecule has 1 aliphatic heterocycles. The number of nitrogens with one attached hydrogen (secondary N) is 2. The summed E-state index contributed by atoms with van der Waals surface area (Å²) >= 11 is 0. The molecule has 2 aromatic rings. The number of carbonyl (C=O) groups excluding carboxylic acids is 1. The summed E-state index contributed by atoms with van der Waals surface area (Å²) in [6, 6.07) is 7.39. The van der Waals surface area contributed by atoms with Crippen molar-refractivity contribution in [3.63, 3.8) is 0 Å². The number of urea groups is 1. The second-order valence-electron chi connectivity index (χ2n) is 5.90. The molecule has 0 bridgehead atoms. The van der Waals surface area contributed by atoms with Crippen LogP contribution in [0.2, 0.25) is 0 Å². The van der Waals surface area contributed by atoms with Gasteiger partial charge >= 0.3 is 6.03 Å². The van der Waals surface area contributed by atoms with Gasteiger partial charge in [-0.05, 0) is 38.0 Å². The van der Waals surface area contributed by atoms with Gasteiger partial charge in [-0.3, -0.25) is 4.98 Å². The lowest BCUT2D eigenvalue weighted by Crippen LogP contribution is -2.48. The van der Waals surface area contributed by atoms with Crippen LogP contribution in [0.1, 0.15) is 31.5 Å². The van der Waals surface area contributed by atoms with Crippen molar-refractivity contribution in [2.45, 2.75) is 31.8 Å². The van der Waals surface area contributed by atoms with E-state index in [0.29, 0.717) is 0 Å². The zero-order valence-corrected chi connectivity index (χ0v) is 13.7. The molecule has 2 N–H and O–H groups in total. The highest BCUT2D eigenvalue weighted by Crippen LogP contribution is 2.15. The van der Waals surface area contributed by atoms with Gasteiger partial charge in [0.05, 0.1) is 11.7 Å². The molecule has 1 saturated heterocycles. The summed E-state index contributed by atoms with van der Waals surface area (Å²) in [6.07, 6.45) is 6.98. The van der Waals surface area contributed by atoms with Crippen LogP contribution in [0.4, 0.5) is 10.7 Å². The third-order valence-electron chi connectivity index (χ3n) is 4.14. The molecule has 0 aliphatic carbocycles. The van der Waals surface area contributed by atoms with E-state index in [1.807, 2.05) is 31.2 Å². The molecule has 0 spiro atoms. The third-order valence-corrected chi connectivity index (χ3v) is 4.14. The van der Waals surface area contributed by atoms with Crippen LogP contribution in [0.25, 0.3) is 0 Å². The van der Waals surface area contributed by atoms with Gasteiger partial charge in [-0.15, -0.1) is 0 Å². The molecule has 2 amide bonds. The van der Waals surface area contributed by atoms with E-state index in [9.17, 15) is 4.79 Å². The second-order valence-corrected chi connectivity index (χ2v) is 5.90. The van der Waals surface area contributed by atoms with E-state index >= 15 is 0 Å². The zero-order valence-electron chi connectivity index (χ0n) is 13.7. The summed E-state index contributed by atoms with van der Waals surface area (Å²) in [5, 5.41) is 5.98. The van der Waals surface area contributed by atoms with E-state index < -0.39 is 0 Å². The Labute approximate surface area is 141 Å². The predicted molar refractivity (Wildman–Crippen MR) is 91.6 cm³/mol. The Morgan fingerprint density at radius 3 is 2.50 bits per heavy atom. The molecule has 1 aliphatic rings. The molecule has 0 saturated carbocycles. The monoisotopic (exact) mass is 326 g/mol. The first-order valence-electron chi connectivity index (χ1n) is 8.22. The van der Waals surface area contributed by atoms with Gasteiger partial charge in [0.2, 0.25) is 5.95 Å². The first kappa shape index (κ1) is 16.2. The minimum Gasteiger partial charge on any atom is -0.341 e. The molecular weight excluding hydrogens is 304 g/mol. The normalized spacial score (nSPS) is 16.5. The number of rotatable bonds is 4. The topological polar surface area (TPSA) is 83.0 Å². The number of carbonyl (C=O) groups is 1. The van der Waals surface area contributed by atoms with Gasteiger partial charge in [0.15, 0.2) is 0 Å². The molecule has 1 atom stereocenters. The van der Waals surface area contributed by atoms with Crippen LogP contribution in [-0.4, -0.2) is 40.1 Å². The summed E-state index contributed by atoms with van der Waals surface area (Å²) in [6.45, 7) is 3.60. The smallest absolute Gasteiger partial charge is 0.315 e. The van der Waals surface area contributed by atoms with Crippen molar-refractivity contribution >= 4 is 12.0 Å². The van der Waals surface area contributed by atoms with Crippen LogP contribution < -0.4 is 15.5 Å². The molecule has 2 aromatic heterocycles. The van der Waals surface area contributed by atoms with E-state index in [0.717, 1.165) is 37.6 Å². The van der Waals surface area contributed by atoms with Crippen LogP contribution in [0.5, 0.6) is 0 Å². The maximum absolute atomic E-state index is 12.2. The minimum atomic E-state index is -0.150. The second kappa shape index (κ2) is 7.72. The Balaban J connectivity index is 1.45. The molecule has 1 fully saturated rings. The number of pyridine rings is 1. The van der Waals surface area contributed by atoms with Crippen molar-refractivity contribution in [2.24, 2.45) is 0 Å². The van der Waals surface area contributed by atoms with Gasteiger partial charge in [0.25, 0.3) is 0 Å². The van der Waals surface area contributed by atoms with Gasteiger partial charge in [0, 0.05) is 37.7 Å². The quantitative estimate of drug-likeness (QED) is 0.896. The van der Waals surface area contributed by atoms with E-state index in [1.165, 1.54) is 0 Å². The molecule has 7 heteroatoms. The molecule has 3 rings (SSSR count). The van der Waals surface area contributed by atoms with Crippen molar-refractivity contribution in [1.82, 2.24) is 25.6 Å². The molecule has 7 nitrogen and oxygen atoms in total. The molecule has 0 radical (unpaired) electrons. The van der Waals surface area contributed by atoms with Crippen molar-refractivity contribution in [3.05, 3.63) is 48.5 Å². The standard InChI is InChI=1S/C17H22N6O/c1-13(15-5-2-3-8-18-15)21-17(24)22-14-6-11-23(12-7-14)16-19-9-4-10-20-16/h2-5,8-10,13-14H,6-7,11-12H2,1H3,(H2,21,22,24)/t13-/m0/s1. The lowest BCUT2D eigenvalue weighted by atomic mass is 10.1. The Hall–Kier alpha value is -2.70. The number of hydrogen-bond acceptors (Lipinski definition) is 5. The summed E-state index contributed by atoms with van der Waals surface area (Å²) in [5.41, 5.74) is 0.851. The number of amides is 2. The molecule has 0 aromatic carbocycles. The van der Waals surface area contributed by atoms with Crippen molar-refractivity contribution in [1.29, 1.82) is 0 Å². The molecular formula is C17H22N6O. The summed E-state index contributed by atoms with van der Waals surface area (Å²) < 4.78 is 0. The first-order chi connectivity index (χ1) is 11.7. The fourth-order valence-corrected chi connectivity index (χ4v) is 2.81. The molecule has 126 valence electrons. The SMILES string of the molecule is C[C@H](NC(=O)NC1CCN(c2ncccn2)CC1)c1ccccn1. The molecule has 0 unspecified atom stereocenters. The number of aromatic nitrogens is 3. The van der Waals surface area contributed by atoms with Crippen molar-refractivity contribution < 1.29 is 4.79 Å². The average molecular weight is 326 g/mol. The van der Waals surface area contributed by atoms with Crippen molar-refractivity contribution in [3.8, 4) is 0 Å². The van der Waals surface area contributed by atoms with Gasteiger partial charge in [-0.2, -0.15) is 0 Å². The van der Waals surface area contributed by atoms with Crippen LogP contribution in [0.15, 0.2) is 42.9 Å². The zero-order chi connectivity index (χ0) is 16.8. The Kier molecular flexibility index (Phi) is 5.20. The van der Waals surface area contributed by atoms with Gasteiger partial charge in [0.1, 0.15) is 0 Å². The highest BCUT2D eigenvalue weighted by molar-refractivity contribution is 5.74. The Morgan fingerprint density at radius 1 is 1.12 bits per heavy atom. The Bertz CT molecular complexity index is 643. The fourth-order valence-electron chi connectivity index (χ4n) is 2.81. The number of anilines is 1. The summed E-state index contributed by atoms with van der Waals surface area (Å²) in [4.78, 5) is 27.1. The van der Waals surface area contributed by atoms with Gasteiger partial charge in [-0.1, -0.05) is 6.07 Å². The van der Waals surface area contributed by atoms with E-state index in [-0.39, 0.29) is 18.1 Å².